The van der Waals surface area contributed by atoms with Gasteiger partial charge < -0.3 is 19.1 Å². The normalized spacial score (nSPS) is 22.2. The Balaban J connectivity index is 1.49. The number of aryl methyl sites for hydroxylation is 2. The van der Waals surface area contributed by atoms with Crippen molar-refractivity contribution in [3.63, 3.8) is 0 Å². The molecule has 7 nitrogen and oxygen atoms in total. The number of likely N-dealkylation sites (N-methyl/N-ethyl adjacent to an activating group) is 1. The van der Waals surface area contributed by atoms with Crippen molar-refractivity contribution in [3.8, 4) is 5.75 Å². The summed E-state index contributed by atoms with van der Waals surface area (Å²) in [5.74, 6) is 2.14. The molecule has 0 aliphatic carbocycles. The molecule has 0 radical (unpaired) electrons. The van der Waals surface area contributed by atoms with E-state index in [1.54, 1.807) is 0 Å². The average Bonchev–Trinajstić information content (AvgIpc) is 3.27. The number of hydrogen-bond donors (Lipinski definition) is 0. The van der Waals surface area contributed by atoms with Crippen LogP contribution >= 0.6 is 11.6 Å². The topological polar surface area (TPSA) is 53.8 Å². The van der Waals surface area contributed by atoms with Gasteiger partial charge in [0.05, 0.1) is 13.2 Å². The van der Waals surface area contributed by atoms with Crippen LogP contribution in [0.4, 0.5) is 0 Å². The van der Waals surface area contributed by atoms with Gasteiger partial charge >= 0.3 is 0 Å². The molecule has 2 aromatic rings. The number of halogens is 1. The van der Waals surface area contributed by atoms with Crippen LogP contribution in [0.3, 0.4) is 0 Å². The van der Waals surface area contributed by atoms with E-state index in [9.17, 15) is 4.79 Å². The van der Waals surface area contributed by atoms with Gasteiger partial charge in [-0.2, -0.15) is 0 Å². The van der Waals surface area contributed by atoms with Crippen LogP contribution < -0.4 is 4.74 Å². The molecule has 4 rings (SSSR count). The van der Waals surface area contributed by atoms with Gasteiger partial charge in [-0.3, -0.25) is 9.69 Å². The molecule has 0 spiro atoms. The predicted octanol–water partition coefficient (Wildman–Crippen LogP) is 3.69. The quantitative estimate of drug-likeness (QED) is 0.568. The Labute approximate surface area is 208 Å². The maximum Gasteiger partial charge on any atom is 0.223 e. The zero-order chi connectivity index (χ0) is 24.1. The number of piperidine rings is 1. The molecule has 2 saturated heterocycles. The summed E-state index contributed by atoms with van der Waals surface area (Å²) in [4.78, 5) is 24.8. The summed E-state index contributed by atoms with van der Waals surface area (Å²) in [6.07, 6.45) is 6.46. The number of carbonyl (C=O) groups is 1. The molecule has 2 fully saturated rings. The second-order valence-corrected chi connectivity index (χ2v) is 10.4. The fourth-order valence-electron chi connectivity index (χ4n) is 5.17. The van der Waals surface area contributed by atoms with Crippen molar-refractivity contribution in [2.45, 2.75) is 46.2 Å². The molecule has 8 heteroatoms. The summed E-state index contributed by atoms with van der Waals surface area (Å²) in [6, 6.07) is 5.78. The lowest BCUT2D eigenvalue weighted by atomic mass is 9.77. The number of ether oxygens (including phenoxy) is 1. The number of hydrogen-bond acceptors (Lipinski definition) is 5. The summed E-state index contributed by atoms with van der Waals surface area (Å²) in [7, 11) is 2.12. The van der Waals surface area contributed by atoms with Crippen LogP contribution in [-0.4, -0.2) is 83.1 Å². The number of aromatic nitrogens is 2. The number of amides is 1. The molecule has 0 N–H and O–H groups in total. The van der Waals surface area contributed by atoms with Gasteiger partial charge in [-0.05, 0) is 64.0 Å². The van der Waals surface area contributed by atoms with Crippen molar-refractivity contribution in [1.82, 2.24) is 24.3 Å². The molecule has 1 atom stereocenters. The number of rotatable bonds is 8. The zero-order valence-corrected chi connectivity index (χ0v) is 21.6. The lowest BCUT2D eigenvalue weighted by Crippen LogP contribution is -2.52. The SMILES string of the molecule is CCn1ccnc1CN1CCCC(COc2ccc(Cl)c(C)c2)(CC(=O)N2CCN(C)CC2)C1. The minimum atomic E-state index is -0.226. The summed E-state index contributed by atoms with van der Waals surface area (Å²) >= 11 is 6.21. The van der Waals surface area contributed by atoms with Crippen molar-refractivity contribution in [1.29, 1.82) is 0 Å². The van der Waals surface area contributed by atoms with Crippen LogP contribution in [0, 0.1) is 12.3 Å². The Kier molecular flexibility index (Phi) is 8.17. The third-order valence-corrected chi connectivity index (χ3v) is 7.73. The van der Waals surface area contributed by atoms with Gasteiger partial charge in [-0.25, -0.2) is 4.98 Å². The molecule has 1 aromatic heterocycles. The first-order valence-corrected chi connectivity index (χ1v) is 12.8. The maximum atomic E-state index is 13.4. The number of imidazole rings is 1. The van der Waals surface area contributed by atoms with Gasteiger partial charge in [-0.15, -0.1) is 0 Å². The number of nitrogens with zero attached hydrogens (tertiary/aromatic N) is 5. The summed E-state index contributed by atoms with van der Waals surface area (Å²) in [6.45, 7) is 11.7. The highest BCUT2D eigenvalue weighted by atomic mass is 35.5. The first-order valence-electron chi connectivity index (χ1n) is 12.4. The standard InChI is InChI=1S/C26H38ClN5O2/c1-4-31-11-9-28-24(31)18-30-10-5-8-26(19-30,17-25(33)32-14-12-29(3)13-15-32)20-34-22-6-7-23(27)21(2)16-22/h6-7,9,11,16H,4-5,8,10,12-15,17-20H2,1-3H3. The molecule has 1 aromatic carbocycles. The minimum Gasteiger partial charge on any atom is -0.493 e. The lowest BCUT2D eigenvalue weighted by Gasteiger charge is -2.43. The third-order valence-electron chi connectivity index (χ3n) is 7.30. The van der Waals surface area contributed by atoms with Crippen LogP contribution in [-0.2, 0) is 17.9 Å². The van der Waals surface area contributed by atoms with E-state index in [0.29, 0.717) is 13.0 Å². The molecule has 186 valence electrons. The minimum absolute atomic E-state index is 0.226. The van der Waals surface area contributed by atoms with Crippen LogP contribution in [0.15, 0.2) is 30.6 Å². The van der Waals surface area contributed by atoms with Gasteiger partial charge in [-0.1, -0.05) is 11.6 Å². The summed E-state index contributed by atoms with van der Waals surface area (Å²) in [5, 5.41) is 0.738. The van der Waals surface area contributed by atoms with Crippen molar-refractivity contribution < 1.29 is 9.53 Å². The molecule has 1 amide bonds. The van der Waals surface area contributed by atoms with E-state index in [4.69, 9.17) is 16.3 Å². The summed E-state index contributed by atoms with van der Waals surface area (Å²) in [5.41, 5.74) is 0.772. The van der Waals surface area contributed by atoms with Crippen molar-refractivity contribution >= 4 is 17.5 Å². The zero-order valence-electron chi connectivity index (χ0n) is 20.8. The number of piperazine rings is 1. The number of likely N-dealkylation sites (tertiary alicyclic amines) is 1. The smallest absolute Gasteiger partial charge is 0.223 e. The molecule has 2 aliphatic heterocycles. The monoisotopic (exact) mass is 487 g/mol. The van der Waals surface area contributed by atoms with E-state index in [1.807, 2.05) is 42.4 Å². The Hall–Kier alpha value is -2.09. The van der Waals surface area contributed by atoms with Gasteiger partial charge in [0.25, 0.3) is 0 Å². The second kappa shape index (κ2) is 11.1. The Bertz CT molecular complexity index is 972. The van der Waals surface area contributed by atoms with Crippen molar-refractivity contribution in [3.05, 3.63) is 47.0 Å². The highest BCUT2D eigenvalue weighted by molar-refractivity contribution is 6.31. The summed E-state index contributed by atoms with van der Waals surface area (Å²) < 4.78 is 8.53. The van der Waals surface area contributed by atoms with Crippen molar-refractivity contribution in [2.75, 3.05) is 52.9 Å². The van der Waals surface area contributed by atoms with Crippen LogP contribution in [0.25, 0.3) is 0 Å². The Morgan fingerprint density at radius 1 is 1.21 bits per heavy atom. The second-order valence-electron chi connectivity index (χ2n) is 10.0. The molecule has 1 unspecified atom stereocenters. The lowest BCUT2D eigenvalue weighted by molar-refractivity contribution is -0.137. The van der Waals surface area contributed by atoms with E-state index in [0.717, 1.165) is 87.4 Å². The molecular weight excluding hydrogens is 450 g/mol. The van der Waals surface area contributed by atoms with Gasteiger partial charge in [0.2, 0.25) is 5.91 Å². The van der Waals surface area contributed by atoms with E-state index in [1.165, 1.54) is 0 Å². The molecular formula is C26H38ClN5O2. The Morgan fingerprint density at radius 3 is 2.74 bits per heavy atom. The maximum absolute atomic E-state index is 13.4. The third kappa shape index (κ3) is 6.12. The Morgan fingerprint density at radius 2 is 2.00 bits per heavy atom. The number of carbonyl (C=O) groups excluding carboxylic acids is 1. The van der Waals surface area contributed by atoms with Gasteiger partial charge in [0.1, 0.15) is 11.6 Å². The largest absolute Gasteiger partial charge is 0.493 e. The van der Waals surface area contributed by atoms with Crippen LogP contribution in [0.5, 0.6) is 5.75 Å². The van der Waals surface area contributed by atoms with E-state index < -0.39 is 0 Å². The van der Waals surface area contributed by atoms with E-state index in [2.05, 4.69) is 33.3 Å². The van der Waals surface area contributed by atoms with Gasteiger partial charge in [0, 0.05) is 68.5 Å². The fraction of sp³-hybridized carbons (Fsp3) is 0.615. The predicted molar refractivity (Wildman–Crippen MR) is 135 cm³/mol. The van der Waals surface area contributed by atoms with Crippen molar-refractivity contribution in [2.24, 2.45) is 5.41 Å². The fourth-order valence-corrected chi connectivity index (χ4v) is 5.29. The van der Waals surface area contributed by atoms with E-state index >= 15 is 0 Å². The highest BCUT2D eigenvalue weighted by Gasteiger charge is 2.40. The van der Waals surface area contributed by atoms with Crippen LogP contribution in [0.1, 0.15) is 37.6 Å². The molecule has 0 saturated carbocycles. The molecule has 0 bridgehead atoms. The highest BCUT2D eigenvalue weighted by Crippen LogP contribution is 2.36. The van der Waals surface area contributed by atoms with Crippen LogP contribution in [0.2, 0.25) is 5.02 Å². The average molecular weight is 488 g/mol. The molecule has 2 aliphatic rings. The van der Waals surface area contributed by atoms with Gasteiger partial charge in [0.15, 0.2) is 0 Å². The molecule has 3 heterocycles. The number of benzene rings is 1. The first-order chi connectivity index (χ1) is 16.4. The first kappa shape index (κ1) is 25.0. The van der Waals surface area contributed by atoms with E-state index in [-0.39, 0.29) is 11.3 Å². The molecule has 34 heavy (non-hydrogen) atoms.